The number of hydrogen-bond acceptors (Lipinski definition) is 3. The van der Waals surface area contributed by atoms with Crippen molar-refractivity contribution in [3.8, 4) is 0 Å². The first-order chi connectivity index (χ1) is 6.38. The predicted octanol–water partition coefficient (Wildman–Crippen LogP) is 0.812. The Hall–Kier alpha value is -0.800. The Kier molecular flexibility index (Phi) is 1.38. The first-order valence-electron chi connectivity index (χ1n) is 4.64. The van der Waals surface area contributed by atoms with Gasteiger partial charge in [-0.05, 0) is 12.5 Å². The maximum absolute atomic E-state index is 9.18. The topological polar surface area (TPSA) is 38.7 Å². The van der Waals surface area contributed by atoms with Gasteiger partial charge in [-0.1, -0.05) is 12.2 Å². The Bertz CT molecular complexity index is 295. The smallest absolute Gasteiger partial charge is 0.189 e. The quantitative estimate of drug-likeness (QED) is 0.649. The van der Waals surface area contributed by atoms with E-state index in [4.69, 9.17) is 9.47 Å². The molecule has 0 radical (unpaired) electrons. The van der Waals surface area contributed by atoms with Gasteiger partial charge in [-0.2, -0.15) is 0 Å². The van der Waals surface area contributed by atoms with Gasteiger partial charge in [-0.15, -0.1) is 0 Å². The Morgan fingerprint density at radius 2 is 2.54 bits per heavy atom. The van der Waals surface area contributed by atoms with Crippen molar-refractivity contribution in [2.45, 2.75) is 12.0 Å². The van der Waals surface area contributed by atoms with E-state index in [1.807, 2.05) is 12.2 Å². The molecule has 13 heavy (non-hydrogen) atoms. The minimum Gasteiger partial charge on any atom is -0.469 e. The van der Waals surface area contributed by atoms with Crippen LogP contribution in [0.5, 0.6) is 0 Å². The highest BCUT2D eigenvalue weighted by Gasteiger charge is 2.61. The van der Waals surface area contributed by atoms with Gasteiger partial charge in [-0.3, -0.25) is 0 Å². The summed E-state index contributed by atoms with van der Waals surface area (Å²) in [5.41, 5.74) is -0.302. The van der Waals surface area contributed by atoms with Gasteiger partial charge in [0.05, 0.1) is 0 Å². The van der Waals surface area contributed by atoms with Crippen molar-refractivity contribution in [1.82, 2.24) is 0 Å². The second kappa shape index (κ2) is 2.36. The van der Waals surface area contributed by atoms with Gasteiger partial charge in [0, 0.05) is 18.4 Å². The summed E-state index contributed by atoms with van der Waals surface area (Å²) in [6.07, 6.45) is 7.11. The number of ether oxygens (including phenoxy) is 2. The molecule has 1 saturated heterocycles. The number of hydrogen-bond donors (Lipinski definition) is 1. The Morgan fingerprint density at radius 1 is 1.62 bits per heavy atom. The second-order valence-corrected chi connectivity index (χ2v) is 3.84. The molecule has 3 aliphatic rings. The maximum atomic E-state index is 9.18. The number of rotatable bonds is 1. The molecule has 0 aromatic carbocycles. The molecule has 0 aromatic rings. The van der Waals surface area contributed by atoms with Crippen molar-refractivity contribution in [1.29, 1.82) is 0 Å². The van der Waals surface area contributed by atoms with Crippen molar-refractivity contribution in [3.05, 3.63) is 24.0 Å². The van der Waals surface area contributed by atoms with Gasteiger partial charge in [-0.25, -0.2) is 0 Å². The van der Waals surface area contributed by atoms with E-state index in [2.05, 4.69) is 6.08 Å². The zero-order valence-corrected chi connectivity index (χ0v) is 7.27. The minimum absolute atomic E-state index is 0.186. The summed E-state index contributed by atoms with van der Waals surface area (Å²) in [7, 11) is 0. The van der Waals surface area contributed by atoms with E-state index in [9.17, 15) is 5.11 Å². The number of allylic oxidation sites excluding steroid dienone is 2. The van der Waals surface area contributed by atoms with Crippen LogP contribution in [0.25, 0.3) is 0 Å². The fourth-order valence-electron chi connectivity index (χ4n) is 2.67. The van der Waals surface area contributed by atoms with Gasteiger partial charge in [0.2, 0.25) is 0 Å². The van der Waals surface area contributed by atoms with Crippen molar-refractivity contribution < 1.29 is 14.6 Å². The molecule has 1 heterocycles. The molecule has 0 aromatic heterocycles. The van der Waals surface area contributed by atoms with E-state index < -0.39 is 0 Å². The Labute approximate surface area is 76.6 Å². The molecule has 3 rings (SSSR count). The van der Waals surface area contributed by atoms with Crippen LogP contribution in [-0.4, -0.2) is 24.1 Å². The summed E-state index contributed by atoms with van der Waals surface area (Å²) < 4.78 is 11.0. The van der Waals surface area contributed by atoms with Crippen LogP contribution in [0, 0.1) is 11.8 Å². The number of aliphatic hydroxyl groups is 1. The molecule has 0 bridgehead atoms. The molecule has 3 nitrogen and oxygen atoms in total. The molecule has 2 fully saturated rings. The Balaban J connectivity index is 2.01. The maximum Gasteiger partial charge on any atom is 0.189 e. The molecule has 1 spiro atoms. The third kappa shape index (κ3) is 0.723. The lowest BCUT2D eigenvalue weighted by Crippen LogP contribution is -2.57. The monoisotopic (exact) mass is 180 g/mol. The van der Waals surface area contributed by atoms with Crippen LogP contribution in [0.1, 0.15) is 6.42 Å². The highest BCUT2D eigenvalue weighted by molar-refractivity contribution is 5.34. The normalized spacial score (nSPS) is 45.8. The standard InChI is InChI=1S/C10H12O3/c11-5-8-4-7-2-1-3-9-10(7,8)13-6-12-9/h1-3,7-8,11H,4-6H2. The molecule has 1 aliphatic heterocycles. The molecule has 3 heteroatoms. The lowest BCUT2D eigenvalue weighted by Gasteiger charge is -2.51. The van der Waals surface area contributed by atoms with Crippen LogP contribution in [-0.2, 0) is 9.47 Å². The molecule has 1 N–H and O–H groups in total. The predicted molar refractivity (Wildman–Crippen MR) is 45.7 cm³/mol. The van der Waals surface area contributed by atoms with Crippen molar-refractivity contribution >= 4 is 0 Å². The van der Waals surface area contributed by atoms with E-state index in [1.54, 1.807) is 0 Å². The van der Waals surface area contributed by atoms with Crippen LogP contribution in [0.3, 0.4) is 0 Å². The number of aliphatic hydroxyl groups excluding tert-OH is 1. The Morgan fingerprint density at radius 3 is 3.38 bits per heavy atom. The summed E-state index contributed by atoms with van der Waals surface area (Å²) >= 11 is 0. The summed E-state index contributed by atoms with van der Waals surface area (Å²) in [6.45, 7) is 0.519. The summed E-state index contributed by atoms with van der Waals surface area (Å²) in [5, 5.41) is 9.18. The molecular formula is C10H12O3. The van der Waals surface area contributed by atoms with Crippen LogP contribution in [0.2, 0.25) is 0 Å². The summed E-state index contributed by atoms with van der Waals surface area (Å²) in [5.74, 6) is 1.54. The van der Waals surface area contributed by atoms with E-state index in [0.717, 1.165) is 12.2 Å². The van der Waals surface area contributed by atoms with Gasteiger partial charge in [0.1, 0.15) is 11.4 Å². The molecule has 3 atom stereocenters. The average Bonchev–Trinajstić information content (AvgIpc) is 2.55. The second-order valence-electron chi connectivity index (χ2n) is 3.84. The highest BCUT2D eigenvalue weighted by Crippen LogP contribution is 2.56. The van der Waals surface area contributed by atoms with Gasteiger partial charge in [0.25, 0.3) is 0 Å². The van der Waals surface area contributed by atoms with Crippen LogP contribution >= 0.6 is 0 Å². The summed E-state index contributed by atoms with van der Waals surface area (Å²) in [6, 6.07) is 0. The van der Waals surface area contributed by atoms with Gasteiger partial charge >= 0.3 is 0 Å². The zero-order chi connectivity index (χ0) is 8.89. The SMILES string of the molecule is OCC1CC2C=CC=C3OCOC321. The minimum atomic E-state index is -0.302. The van der Waals surface area contributed by atoms with E-state index in [-0.39, 0.29) is 18.1 Å². The van der Waals surface area contributed by atoms with E-state index in [0.29, 0.717) is 12.7 Å². The fourth-order valence-corrected chi connectivity index (χ4v) is 2.67. The first-order valence-corrected chi connectivity index (χ1v) is 4.64. The molecule has 0 amide bonds. The van der Waals surface area contributed by atoms with Crippen molar-refractivity contribution in [3.63, 3.8) is 0 Å². The molecule has 2 aliphatic carbocycles. The molecule has 1 saturated carbocycles. The van der Waals surface area contributed by atoms with Crippen molar-refractivity contribution in [2.24, 2.45) is 11.8 Å². The van der Waals surface area contributed by atoms with Gasteiger partial charge < -0.3 is 14.6 Å². The van der Waals surface area contributed by atoms with Crippen LogP contribution in [0.15, 0.2) is 24.0 Å². The summed E-state index contributed by atoms with van der Waals surface area (Å²) in [4.78, 5) is 0. The van der Waals surface area contributed by atoms with Gasteiger partial charge in [0.15, 0.2) is 6.79 Å². The zero-order valence-electron chi connectivity index (χ0n) is 7.27. The van der Waals surface area contributed by atoms with Crippen LogP contribution in [0.4, 0.5) is 0 Å². The van der Waals surface area contributed by atoms with Crippen molar-refractivity contribution in [2.75, 3.05) is 13.4 Å². The largest absolute Gasteiger partial charge is 0.469 e. The highest BCUT2D eigenvalue weighted by atomic mass is 16.7. The third-order valence-corrected chi connectivity index (χ3v) is 3.40. The molecule has 70 valence electrons. The molecule has 3 unspecified atom stereocenters. The lowest BCUT2D eigenvalue weighted by molar-refractivity contribution is -0.141. The van der Waals surface area contributed by atoms with E-state index >= 15 is 0 Å². The van der Waals surface area contributed by atoms with E-state index in [1.165, 1.54) is 0 Å². The first kappa shape index (κ1) is 7.59. The molecular weight excluding hydrogens is 168 g/mol. The third-order valence-electron chi connectivity index (χ3n) is 3.40. The van der Waals surface area contributed by atoms with Crippen LogP contribution < -0.4 is 0 Å². The average molecular weight is 180 g/mol. The lowest BCUT2D eigenvalue weighted by atomic mass is 9.58. The fraction of sp³-hybridized carbons (Fsp3) is 0.600.